The van der Waals surface area contributed by atoms with E-state index in [1.165, 1.54) is 0 Å². The Morgan fingerprint density at radius 2 is 2.19 bits per heavy atom. The number of furan rings is 1. The van der Waals surface area contributed by atoms with Gasteiger partial charge in [0, 0.05) is 12.7 Å². The molecule has 0 aliphatic heterocycles. The Hall–Kier alpha value is -2.11. The van der Waals surface area contributed by atoms with Gasteiger partial charge in [-0.1, -0.05) is 12.1 Å². The minimum Gasteiger partial charge on any atom is -0.497 e. The number of aromatic nitrogens is 1. The number of nitrogens with zero attached hydrogens (tertiary/aromatic N) is 1. The van der Waals surface area contributed by atoms with E-state index in [1.807, 2.05) is 36.5 Å². The van der Waals surface area contributed by atoms with Gasteiger partial charge in [-0.05, 0) is 29.8 Å². The molecule has 2 aromatic heterocycles. The second kappa shape index (κ2) is 6.56. The van der Waals surface area contributed by atoms with Crippen LogP contribution in [0.2, 0.25) is 0 Å². The second-order valence-corrected chi connectivity index (χ2v) is 5.65. The van der Waals surface area contributed by atoms with Crippen molar-refractivity contribution in [1.82, 2.24) is 10.3 Å². The molecule has 0 spiro atoms. The number of thiazole rings is 1. The lowest BCUT2D eigenvalue weighted by Crippen LogP contribution is -2.11. The lowest BCUT2D eigenvalue weighted by atomic mass is 10.2. The number of benzene rings is 1. The summed E-state index contributed by atoms with van der Waals surface area (Å²) >= 11 is 1.68. The maximum atomic E-state index is 5.28. The van der Waals surface area contributed by atoms with Crippen LogP contribution in [0.25, 0.3) is 10.4 Å². The summed E-state index contributed by atoms with van der Waals surface area (Å²) in [6.07, 6.45) is 3.59. The van der Waals surface area contributed by atoms with Gasteiger partial charge in [0.05, 0.1) is 24.8 Å². The molecule has 3 rings (SSSR count). The van der Waals surface area contributed by atoms with Gasteiger partial charge in [-0.2, -0.15) is 0 Å². The zero-order valence-corrected chi connectivity index (χ0v) is 12.5. The van der Waals surface area contributed by atoms with E-state index in [9.17, 15) is 0 Å². The zero-order valence-electron chi connectivity index (χ0n) is 11.7. The standard InChI is InChI=1S/C16H16N2O2S/c1-19-13-5-2-4-12(8-13)15-10-18-16(21-15)11-17-9-14-6-3-7-20-14/h2-8,10,17H,9,11H2,1H3. The Kier molecular flexibility index (Phi) is 4.33. The van der Waals surface area contributed by atoms with E-state index in [-0.39, 0.29) is 0 Å². The highest BCUT2D eigenvalue weighted by Crippen LogP contribution is 2.28. The third-order valence-electron chi connectivity index (χ3n) is 3.06. The van der Waals surface area contributed by atoms with Gasteiger partial charge in [-0.25, -0.2) is 4.98 Å². The van der Waals surface area contributed by atoms with Crippen molar-refractivity contribution in [2.45, 2.75) is 13.1 Å². The summed E-state index contributed by atoms with van der Waals surface area (Å²) in [6.45, 7) is 1.44. The van der Waals surface area contributed by atoms with Gasteiger partial charge in [0.25, 0.3) is 0 Å². The molecular weight excluding hydrogens is 284 g/mol. The fourth-order valence-corrected chi connectivity index (χ4v) is 2.89. The highest BCUT2D eigenvalue weighted by Gasteiger charge is 2.05. The summed E-state index contributed by atoms with van der Waals surface area (Å²) in [6, 6.07) is 11.9. The molecule has 108 valence electrons. The van der Waals surface area contributed by atoms with E-state index >= 15 is 0 Å². The van der Waals surface area contributed by atoms with Crippen molar-refractivity contribution in [2.75, 3.05) is 7.11 Å². The van der Waals surface area contributed by atoms with E-state index in [0.29, 0.717) is 6.54 Å². The molecule has 0 aliphatic carbocycles. The van der Waals surface area contributed by atoms with E-state index < -0.39 is 0 Å². The molecule has 0 atom stereocenters. The summed E-state index contributed by atoms with van der Waals surface area (Å²) in [4.78, 5) is 5.59. The first-order valence-corrected chi connectivity index (χ1v) is 7.49. The van der Waals surface area contributed by atoms with Crippen LogP contribution >= 0.6 is 11.3 Å². The number of hydrogen-bond donors (Lipinski definition) is 1. The summed E-state index contributed by atoms with van der Waals surface area (Å²) in [5.74, 6) is 1.79. The predicted octanol–water partition coefficient (Wildman–Crippen LogP) is 3.70. The van der Waals surface area contributed by atoms with Gasteiger partial charge in [-0.15, -0.1) is 11.3 Å². The Morgan fingerprint density at radius 1 is 1.24 bits per heavy atom. The van der Waals surface area contributed by atoms with E-state index in [2.05, 4.69) is 16.4 Å². The summed E-state index contributed by atoms with van der Waals surface area (Å²) in [7, 11) is 1.68. The number of ether oxygens (including phenoxy) is 1. The number of rotatable bonds is 6. The third kappa shape index (κ3) is 3.51. The molecule has 3 aromatic rings. The van der Waals surface area contributed by atoms with Crippen LogP contribution in [0.15, 0.2) is 53.3 Å². The van der Waals surface area contributed by atoms with Crippen molar-refractivity contribution in [3.63, 3.8) is 0 Å². The summed E-state index contributed by atoms with van der Waals surface area (Å²) in [5.41, 5.74) is 1.13. The highest BCUT2D eigenvalue weighted by molar-refractivity contribution is 7.15. The topological polar surface area (TPSA) is 47.3 Å². The van der Waals surface area contributed by atoms with Crippen molar-refractivity contribution >= 4 is 11.3 Å². The molecule has 21 heavy (non-hydrogen) atoms. The SMILES string of the molecule is COc1cccc(-c2cnc(CNCc3ccco3)s2)c1. The van der Waals surface area contributed by atoms with Crippen molar-refractivity contribution in [2.24, 2.45) is 0 Å². The molecule has 5 heteroatoms. The quantitative estimate of drug-likeness (QED) is 0.754. The second-order valence-electron chi connectivity index (χ2n) is 4.53. The molecule has 2 heterocycles. The third-order valence-corrected chi connectivity index (χ3v) is 4.11. The Labute approximate surface area is 127 Å². The van der Waals surface area contributed by atoms with Gasteiger partial charge in [-0.3, -0.25) is 0 Å². The van der Waals surface area contributed by atoms with E-state index in [4.69, 9.17) is 9.15 Å². The molecule has 0 radical (unpaired) electrons. The first-order valence-electron chi connectivity index (χ1n) is 6.67. The van der Waals surface area contributed by atoms with Crippen molar-refractivity contribution in [3.05, 3.63) is 59.6 Å². The lowest BCUT2D eigenvalue weighted by molar-refractivity contribution is 0.415. The van der Waals surface area contributed by atoms with Gasteiger partial charge in [0.2, 0.25) is 0 Å². The monoisotopic (exact) mass is 300 g/mol. The van der Waals surface area contributed by atoms with Crippen LogP contribution in [-0.4, -0.2) is 12.1 Å². The van der Waals surface area contributed by atoms with Crippen LogP contribution in [0.1, 0.15) is 10.8 Å². The molecule has 0 amide bonds. The predicted molar refractivity (Wildman–Crippen MR) is 83.4 cm³/mol. The Bertz CT molecular complexity index is 692. The number of hydrogen-bond acceptors (Lipinski definition) is 5. The van der Waals surface area contributed by atoms with Gasteiger partial charge in [0.1, 0.15) is 16.5 Å². The fraction of sp³-hybridized carbons (Fsp3) is 0.188. The largest absolute Gasteiger partial charge is 0.497 e. The number of nitrogens with one attached hydrogen (secondary N) is 1. The van der Waals surface area contributed by atoms with Gasteiger partial charge < -0.3 is 14.5 Å². The summed E-state index contributed by atoms with van der Waals surface area (Å²) < 4.78 is 10.5. The molecule has 4 nitrogen and oxygen atoms in total. The lowest BCUT2D eigenvalue weighted by Gasteiger charge is -2.01. The maximum Gasteiger partial charge on any atom is 0.119 e. The van der Waals surface area contributed by atoms with Crippen LogP contribution in [0.5, 0.6) is 5.75 Å². The zero-order chi connectivity index (χ0) is 14.5. The highest BCUT2D eigenvalue weighted by atomic mass is 32.1. The van der Waals surface area contributed by atoms with Crippen molar-refractivity contribution in [3.8, 4) is 16.2 Å². The molecule has 0 saturated heterocycles. The van der Waals surface area contributed by atoms with Crippen LogP contribution in [0.3, 0.4) is 0 Å². The first kappa shape index (κ1) is 13.9. The molecule has 0 saturated carbocycles. The van der Waals surface area contributed by atoms with Crippen molar-refractivity contribution in [1.29, 1.82) is 0 Å². The Balaban J connectivity index is 1.62. The van der Waals surface area contributed by atoms with Crippen LogP contribution < -0.4 is 10.1 Å². The maximum absolute atomic E-state index is 5.28. The summed E-state index contributed by atoms with van der Waals surface area (Å²) in [5, 5.41) is 4.38. The molecule has 1 N–H and O–H groups in total. The smallest absolute Gasteiger partial charge is 0.119 e. The van der Waals surface area contributed by atoms with Crippen LogP contribution in [-0.2, 0) is 13.1 Å². The van der Waals surface area contributed by atoms with Gasteiger partial charge >= 0.3 is 0 Å². The van der Waals surface area contributed by atoms with Crippen LogP contribution in [0, 0.1) is 0 Å². The average Bonchev–Trinajstić information content (AvgIpc) is 3.19. The number of methoxy groups -OCH3 is 1. The molecule has 1 aromatic carbocycles. The minimum absolute atomic E-state index is 0.709. The van der Waals surface area contributed by atoms with E-state index in [1.54, 1.807) is 24.7 Å². The van der Waals surface area contributed by atoms with Crippen molar-refractivity contribution < 1.29 is 9.15 Å². The average molecular weight is 300 g/mol. The molecule has 0 bridgehead atoms. The normalized spacial score (nSPS) is 10.7. The fourth-order valence-electron chi connectivity index (χ4n) is 2.01. The molecule has 0 aliphatic rings. The van der Waals surface area contributed by atoms with E-state index in [0.717, 1.165) is 33.5 Å². The van der Waals surface area contributed by atoms with Gasteiger partial charge in [0.15, 0.2) is 0 Å². The molecule has 0 unspecified atom stereocenters. The Morgan fingerprint density at radius 3 is 3.00 bits per heavy atom. The molecular formula is C16H16N2O2S. The minimum atomic E-state index is 0.709. The van der Waals surface area contributed by atoms with Crippen LogP contribution in [0.4, 0.5) is 0 Å². The first-order chi connectivity index (χ1) is 10.3. The molecule has 0 fully saturated rings.